The van der Waals surface area contributed by atoms with Gasteiger partial charge in [-0.15, -0.1) is 0 Å². The zero-order valence-electron chi connectivity index (χ0n) is 19.1. The Labute approximate surface area is 190 Å². The van der Waals surface area contributed by atoms with Crippen molar-refractivity contribution >= 4 is 31.8 Å². The molecule has 8 nitrogen and oxygen atoms in total. The van der Waals surface area contributed by atoms with Crippen LogP contribution < -0.4 is 0 Å². The van der Waals surface area contributed by atoms with Gasteiger partial charge in [-0.2, -0.15) is 16.8 Å². The number of carbonyl (C=O) groups excluding carboxylic acids is 2. The summed E-state index contributed by atoms with van der Waals surface area (Å²) < 4.78 is 65.9. The summed E-state index contributed by atoms with van der Waals surface area (Å²) in [4.78, 5) is 26.9. The smallest absolute Gasteiger partial charge is 0.265 e. The van der Waals surface area contributed by atoms with Crippen molar-refractivity contribution in [2.75, 3.05) is 11.5 Å². The van der Waals surface area contributed by atoms with E-state index >= 15 is 0 Å². The van der Waals surface area contributed by atoms with Crippen LogP contribution in [0, 0.1) is 45.3 Å². The number of Topliss-reactive ketones (excluding diaryl/α,β-unsaturated/α-hetero) is 2. The number of ketones is 2. The normalized spacial score (nSPS) is 42.2. The second kappa shape index (κ2) is 6.86. The summed E-state index contributed by atoms with van der Waals surface area (Å²) in [5, 5.41) is 0. The molecule has 4 rings (SSSR count). The first-order chi connectivity index (χ1) is 14.4. The largest absolute Gasteiger partial charge is 0.299 e. The SMILES string of the molecule is CC1(C)C2CCC1(CS(=O)(=O)O)C(=O)C2CCC1C(=O)C2(CS(=O)(=O)O)CCC1C2(C)C. The lowest BCUT2D eigenvalue weighted by molar-refractivity contribution is -0.134. The van der Waals surface area contributed by atoms with Crippen molar-refractivity contribution in [3.8, 4) is 0 Å². The molecule has 0 aromatic heterocycles. The van der Waals surface area contributed by atoms with Gasteiger partial charge in [0.15, 0.2) is 0 Å². The molecule has 182 valence electrons. The molecule has 10 heteroatoms. The highest BCUT2D eigenvalue weighted by Crippen LogP contribution is 2.69. The summed E-state index contributed by atoms with van der Waals surface area (Å²) in [6.45, 7) is 7.61. The van der Waals surface area contributed by atoms with E-state index in [0.29, 0.717) is 38.5 Å². The minimum atomic E-state index is -4.32. The van der Waals surface area contributed by atoms with Crippen molar-refractivity contribution in [2.24, 2.45) is 45.3 Å². The highest BCUT2D eigenvalue weighted by Gasteiger charge is 2.71. The fraction of sp³-hybridized carbons (Fsp3) is 0.909. The number of rotatable bonds is 7. The van der Waals surface area contributed by atoms with Crippen LogP contribution in [0.4, 0.5) is 0 Å². The third-order valence-corrected chi connectivity index (χ3v) is 12.0. The number of fused-ring (bicyclic) bond motifs is 4. The number of hydrogen-bond acceptors (Lipinski definition) is 6. The molecule has 4 saturated carbocycles. The molecule has 4 fully saturated rings. The molecule has 0 saturated heterocycles. The van der Waals surface area contributed by atoms with Gasteiger partial charge in [0.05, 0.1) is 22.3 Å². The Morgan fingerprint density at radius 2 is 1.03 bits per heavy atom. The second-order valence-electron chi connectivity index (χ2n) is 11.9. The predicted octanol–water partition coefficient (Wildman–Crippen LogP) is 2.79. The highest BCUT2D eigenvalue weighted by molar-refractivity contribution is 7.86. The third kappa shape index (κ3) is 3.11. The molecule has 32 heavy (non-hydrogen) atoms. The lowest BCUT2D eigenvalue weighted by atomic mass is 9.70. The molecule has 4 aliphatic rings. The topological polar surface area (TPSA) is 143 Å². The van der Waals surface area contributed by atoms with E-state index < -0.39 is 53.4 Å². The van der Waals surface area contributed by atoms with Gasteiger partial charge >= 0.3 is 0 Å². The molecule has 0 aromatic rings. The molecule has 2 N–H and O–H groups in total. The maximum atomic E-state index is 13.4. The summed E-state index contributed by atoms with van der Waals surface area (Å²) in [6, 6.07) is 0. The Hall–Kier alpha value is -0.840. The summed E-state index contributed by atoms with van der Waals surface area (Å²) in [7, 11) is -8.64. The molecule has 4 aliphatic carbocycles. The Morgan fingerprint density at radius 3 is 1.31 bits per heavy atom. The predicted molar refractivity (Wildman–Crippen MR) is 117 cm³/mol. The molecule has 0 radical (unpaired) electrons. The average molecular weight is 491 g/mol. The average Bonchev–Trinajstić information content (AvgIpc) is 3.10. The van der Waals surface area contributed by atoms with Crippen molar-refractivity contribution in [1.29, 1.82) is 0 Å². The molecule has 6 unspecified atom stereocenters. The van der Waals surface area contributed by atoms with Gasteiger partial charge in [-0.05, 0) is 61.2 Å². The molecule has 0 heterocycles. The van der Waals surface area contributed by atoms with Gasteiger partial charge in [0.25, 0.3) is 20.2 Å². The van der Waals surface area contributed by atoms with Crippen LogP contribution in [0.25, 0.3) is 0 Å². The van der Waals surface area contributed by atoms with Crippen molar-refractivity contribution in [1.82, 2.24) is 0 Å². The van der Waals surface area contributed by atoms with E-state index in [-0.39, 0.29) is 35.2 Å². The Balaban J connectivity index is 1.57. The van der Waals surface area contributed by atoms with E-state index in [1.807, 2.05) is 27.7 Å². The minimum absolute atomic E-state index is 0.00904. The first kappa shape index (κ1) is 24.3. The Kier molecular flexibility index (Phi) is 5.20. The van der Waals surface area contributed by atoms with Gasteiger partial charge < -0.3 is 0 Å². The van der Waals surface area contributed by atoms with Crippen molar-refractivity contribution in [2.45, 2.75) is 66.2 Å². The highest BCUT2D eigenvalue weighted by atomic mass is 32.2. The van der Waals surface area contributed by atoms with Crippen LogP contribution in [-0.4, -0.2) is 49.0 Å². The first-order valence-corrected chi connectivity index (χ1v) is 14.6. The monoisotopic (exact) mass is 490 g/mol. The van der Waals surface area contributed by atoms with E-state index in [2.05, 4.69) is 0 Å². The van der Waals surface area contributed by atoms with Crippen LogP contribution in [0.3, 0.4) is 0 Å². The maximum absolute atomic E-state index is 13.4. The lowest BCUT2D eigenvalue weighted by Gasteiger charge is -2.35. The molecular weight excluding hydrogens is 456 g/mol. The fourth-order valence-electron chi connectivity index (χ4n) is 8.55. The molecule has 0 aliphatic heterocycles. The van der Waals surface area contributed by atoms with Gasteiger partial charge in [-0.25, -0.2) is 0 Å². The summed E-state index contributed by atoms with van der Waals surface area (Å²) in [5.41, 5.74) is -3.32. The zero-order valence-corrected chi connectivity index (χ0v) is 20.8. The van der Waals surface area contributed by atoms with E-state index in [4.69, 9.17) is 0 Å². The van der Waals surface area contributed by atoms with E-state index in [9.17, 15) is 35.5 Å². The fourth-order valence-corrected chi connectivity index (χ4v) is 11.1. The van der Waals surface area contributed by atoms with Crippen LogP contribution in [0.5, 0.6) is 0 Å². The standard InChI is InChI=1S/C22H34O8S2/c1-19(2)15-7-9-21(19,11-31(25,26)27)17(23)13(15)5-6-14-16-8-10-22(18(14)24,20(16,3)4)12-32(28,29)30/h13-16H,5-12H2,1-4H3,(H,25,26,27)(H,28,29,30). The molecule has 0 aromatic carbocycles. The van der Waals surface area contributed by atoms with E-state index in [1.54, 1.807) is 0 Å². The first-order valence-electron chi connectivity index (χ1n) is 11.4. The molecule has 0 spiro atoms. The minimum Gasteiger partial charge on any atom is -0.299 e. The maximum Gasteiger partial charge on any atom is 0.265 e. The Morgan fingerprint density at radius 1 is 0.719 bits per heavy atom. The van der Waals surface area contributed by atoms with Crippen molar-refractivity contribution < 1.29 is 35.5 Å². The van der Waals surface area contributed by atoms with Crippen LogP contribution >= 0.6 is 0 Å². The van der Waals surface area contributed by atoms with Crippen LogP contribution in [0.1, 0.15) is 66.2 Å². The molecule has 4 bridgehead atoms. The summed E-state index contributed by atoms with van der Waals surface area (Å²) in [6.07, 6.45) is 3.19. The van der Waals surface area contributed by atoms with E-state index in [1.165, 1.54) is 0 Å². The third-order valence-electron chi connectivity index (χ3n) is 10.3. The zero-order chi connectivity index (χ0) is 24.1. The molecular formula is C22H34O8S2. The van der Waals surface area contributed by atoms with Crippen LogP contribution in [0.15, 0.2) is 0 Å². The number of carbonyl (C=O) groups is 2. The van der Waals surface area contributed by atoms with Crippen molar-refractivity contribution in [3.05, 3.63) is 0 Å². The quantitative estimate of drug-likeness (QED) is 0.519. The molecule has 6 atom stereocenters. The van der Waals surface area contributed by atoms with Crippen molar-refractivity contribution in [3.63, 3.8) is 0 Å². The van der Waals surface area contributed by atoms with Crippen LogP contribution in [-0.2, 0) is 29.8 Å². The second-order valence-corrected chi connectivity index (χ2v) is 14.8. The summed E-state index contributed by atoms with van der Waals surface area (Å²) >= 11 is 0. The van der Waals surface area contributed by atoms with Crippen LogP contribution in [0.2, 0.25) is 0 Å². The van der Waals surface area contributed by atoms with Gasteiger partial charge in [-0.3, -0.25) is 18.7 Å². The Bertz CT molecular complexity index is 987. The molecule has 0 amide bonds. The van der Waals surface area contributed by atoms with Gasteiger partial charge in [0.2, 0.25) is 0 Å². The van der Waals surface area contributed by atoms with Gasteiger partial charge in [-0.1, -0.05) is 27.7 Å². The van der Waals surface area contributed by atoms with E-state index in [0.717, 1.165) is 0 Å². The van der Waals surface area contributed by atoms with Gasteiger partial charge in [0.1, 0.15) is 11.6 Å². The van der Waals surface area contributed by atoms with Gasteiger partial charge in [0, 0.05) is 11.8 Å². The lowest BCUT2D eigenvalue weighted by Crippen LogP contribution is -2.43. The summed E-state index contributed by atoms with van der Waals surface area (Å²) in [5.74, 6) is -2.13. The number of hydrogen-bond donors (Lipinski definition) is 2.